The van der Waals surface area contributed by atoms with Gasteiger partial charge in [0.25, 0.3) is 0 Å². The van der Waals surface area contributed by atoms with Gasteiger partial charge in [0.1, 0.15) is 11.8 Å². The molecule has 1 fully saturated rings. The SMILES string of the molecule is CC(C)(C)OC(=O)N[C@@H]1CN(C(=O)O)CCC1F. The summed E-state index contributed by atoms with van der Waals surface area (Å²) in [5, 5.41) is 11.2. The van der Waals surface area contributed by atoms with Crippen LogP contribution in [-0.4, -0.2) is 53.1 Å². The van der Waals surface area contributed by atoms with Crippen molar-refractivity contribution in [1.29, 1.82) is 0 Å². The molecule has 2 N–H and O–H groups in total. The summed E-state index contributed by atoms with van der Waals surface area (Å²) in [5.41, 5.74) is -0.670. The molecule has 1 unspecified atom stereocenters. The lowest BCUT2D eigenvalue weighted by Gasteiger charge is -2.34. The van der Waals surface area contributed by atoms with Crippen LogP contribution in [0, 0.1) is 0 Å². The van der Waals surface area contributed by atoms with Crippen molar-refractivity contribution in [2.24, 2.45) is 0 Å². The Hall–Kier alpha value is -1.53. The molecule has 1 heterocycles. The van der Waals surface area contributed by atoms with E-state index in [9.17, 15) is 14.0 Å². The third-order valence-corrected chi connectivity index (χ3v) is 2.50. The Balaban J connectivity index is 2.53. The fraction of sp³-hybridized carbons (Fsp3) is 0.818. The van der Waals surface area contributed by atoms with Gasteiger partial charge in [-0.25, -0.2) is 14.0 Å². The standard InChI is InChI=1S/C11H19FN2O4/c1-11(2,3)18-9(15)13-8-6-14(10(16)17)5-4-7(8)12/h7-8H,4-6H2,1-3H3,(H,13,15)(H,16,17)/t7?,8-/m1/s1. The first-order valence-corrected chi connectivity index (χ1v) is 5.80. The highest BCUT2D eigenvalue weighted by Crippen LogP contribution is 2.15. The second kappa shape index (κ2) is 5.41. The van der Waals surface area contributed by atoms with E-state index in [1.165, 1.54) is 0 Å². The first-order valence-electron chi connectivity index (χ1n) is 5.80. The number of piperidine rings is 1. The molecule has 7 heteroatoms. The lowest BCUT2D eigenvalue weighted by molar-refractivity contribution is 0.0393. The number of ether oxygens (including phenoxy) is 1. The molecule has 0 aliphatic carbocycles. The van der Waals surface area contributed by atoms with Gasteiger partial charge >= 0.3 is 12.2 Å². The maximum atomic E-state index is 13.6. The molecule has 0 saturated carbocycles. The number of alkyl carbamates (subject to hydrolysis) is 1. The predicted molar refractivity (Wildman–Crippen MR) is 62.3 cm³/mol. The average molecular weight is 262 g/mol. The van der Waals surface area contributed by atoms with Crippen molar-refractivity contribution in [3.8, 4) is 0 Å². The van der Waals surface area contributed by atoms with Crippen molar-refractivity contribution in [2.45, 2.75) is 45.0 Å². The van der Waals surface area contributed by atoms with Gasteiger partial charge in [-0.05, 0) is 27.2 Å². The van der Waals surface area contributed by atoms with Crippen LogP contribution in [0.1, 0.15) is 27.2 Å². The van der Waals surface area contributed by atoms with Crippen LogP contribution in [-0.2, 0) is 4.74 Å². The Labute approximate surface area is 105 Å². The van der Waals surface area contributed by atoms with Gasteiger partial charge in [-0.15, -0.1) is 0 Å². The number of carboxylic acid groups (broad SMARTS) is 1. The Morgan fingerprint density at radius 1 is 1.44 bits per heavy atom. The van der Waals surface area contributed by atoms with Gasteiger partial charge in [-0.2, -0.15) is 0 Å². The Kier molecular flexibility index (Phi) is 4.37. The van der Waals surface area contributed by atoms with Crippen LogP contribution in [0.4, 0.5) is 14.0 Å². The zero-order valence-corrected chi connectivity index (χ0v) is 10.8. The van der Waals surface area contributed by atoms with Crippen LogP contribution in [0.2, 0.25) is 0 Å². The van der Waals surface area contributed by atoms with Gasteiger partial charge in [0.05, 0.1) is 6.04 Å². The van der Waals surface area contributed by atoms with Gasteiger partial charge < -0.3 is 20.1 Å². The second-order valence-electron chi connectivity index (χ2n) is 5.29. The molecule has 18 heavy (non-hydrogen) atoms. The normalized spacial score (nSPS) is 24.6. The minimum atomic E-state index is -1.26. The molecule has 1 rings (SSSR count). The first kappa shape index (κ1) is 14.5. The highest BCUT2D eigenvalue weighted by atomic mass is 19.1. The molecule has 0 spiro atoms. The minimum Gasteiger partial charge on any atom is -0.465 e. The molecule has 104 valence electrons. The number of nitrogens with zero attached hydrogens (tertiary/aromatic N) is 1. The van der Waals surface area contributed by atoms with E-state index in [1.807, 2.05) is 0 Å². The zero-order valence-electron chi connectivity index (χ0n) is 10.8. The molecule has 0 aromatic carbocycles. The third-order valence-electron chi connectivity index (χ3n) is 2.50. The maximum Gasteiger partial charge on any atom is 0.408 e. The predicted octanol–water partition coefficient (Wildman–Crippen LogP) is 1.60. The van der Waals surface area contributed by atoms with Crippen LogP contribution in [0.5, 0.6) is 0 Å². The van der Waals surface area contributed by atoms with E-state index in [0.717, 1.165) is 4.90 Å². The molecule has 2 amide bonds. The highest BCUT2D eigenvalue weighted by Gasteiger charge is 2.33. The summed E-state index contributed by atoms with van der Waals surface area (Å²) >= 11 is 0. The summed E-state index contributed by atoms with van der Waals surface area (Å²) < 4.78 is 18.6. The number of carbonyl (C=O) groups is 2. The van der Waals surface area contributed by atoms with Crippen LogP contribution in [0.3, 0.4) is 0 Å². The molecule has 6 nitrogen and oxygen atoms in total. The van der Waals surface area contributed by atoms with Crippen molar-refractivity contribution in [2.75, 3.05) is 13.1 Å². The topological polar surface area (TPSA) is 78.9 Å². The van der Waals surface area contributed by atoms with E-state index in [2.05, 4.69) is 5.32 Å². The molecule has 1 aliphatic rings. The molecule has 0 radical (unpaired) electrons. The number of amides is 2. The lowest BCUT2D eigenvalue weighted by atomic mass is 10.0. The summed E-state index contributed by atoms with van der Waals surface area (Å²) in [5.74, 6) is 0. The third kappa shape index (κ3) is 4.38. The second-order valence-corrected chi connectivity index (χ2v) is 5.29. The van der Waals surface area contributed by atoms with Crippen LogP contribution in [0.25, 0.3) is 0 Å². The van der Waals surface area contributed by atoms with Crippen molar-refractivity contribution >= 4 is 12.2 Å². The Morgan fingerprint density at radius 3 is 2.56 bits per heavy atom. The molecule has 1 aliphatic heterocycles. The lowest BCUT2D eigenvalue weighted by Crippen LogP contribution is -2.55. The Bertz CT molecular complexity index is 329. The quantitative estimate of drug-likeness (QED) is 0.752. The van der Waals surface area contributed by atoms with Gasteiger partial charge in [0, 0.05) is 13.1 Å². The first-order chi connectivity index (χ1) is 8.19. The van der Waals surface area contributed by atoms with Crippen LogP contribution in [0.15, 0.2) is 0 Å². The summed E-state index contributed by atoms with van der Waals surface area (Å²) in [7, 11) is 0. The minimum absolute atomic E-state index is 0.0598. The maximum absolute atomic E-state index is 13.6. The van der Waals surface area contributed by atoms with E-state index in [4.69, 9.17) is 9.84 Å². The smallest absolute Gasteiger partial charge is 0.408 e. The number of carbonyl (C=O) groups excluding carboxylic acids is 1. The summed E-state index contributed by atoms with van der Waals surface area (Å²) in [6, 6.07) is -0.857. The number of alkyl halides is 1. The molecule has 0 aromatic rings. The van der Waals surface area contributed by atoms with Crippen molar-refractivity contribution in [1.82, 2.24) is 10.2 Å². The van der Waals surface area contributed by atoms with Crippen LogP contribution < -0.4 is 5.32 Å². The van der Waals surface area contributed by atoms with E-state index in [0.29, 0.717) is 0 Å². The van der Waals surface area contributed by atoms with Gasteiger partial charge in [0.2, 0.25) is 0 Å². The van der Waals surface area contributed by atoms with E-state index in [1.54, 1.807) is 20.8 Å². The summed E-state index contributed by atoms with van der Waals surface area (Å²) in [6.45, 7) is 5.18. The van der Waals surface area contributed by atoms with E-state index < -0.39 is 30.0 Å². The highest BCUT2D eigenvalue weighted by molar-refractivity contribution is 5.69. The summed E-state index contributed by atoms with van der Waals surface area (Å²) in [4.78, 5) is 23.3. The largest absolute Gasteiger partial charge is 0.465 e. The number of hydrogen-bond acceptors (Lipinski definition) is 3. The average Bonchev–Trinajstić information content (AvgIpc) is 2.18. The summed E-state index contributed by atoms with van der Waals surface area (Å²) in [6.07, 6.45) is -3.03. The van der Waals surface area contributed by atoms with E-state index in [-0.39, 0.29) is 19.5 Å². The van der Waals surface area contributed by atoms with Gasteiger partial charge in [0.15, 0.2) is 0 Å². The fourth-order valence-corrected chi connectivity index (χ4v) is 1.69. The monoisotopic (exact) mass is 262 g/mol. The van der Waals surface area contributed by atoms with Gasteiger partial charge in [-0.1, -0.05) is 0 Å². The van der Waals surface area contributed by atoms with Gasteiger partial charge in [-0.3, -0.25) is 0 Å². The fourth-order valence-electron chi connectivity index (χ4n) is 1.69. The van der Waals surface area contributed by atoms with Crippen LogP contribution >= 0.6 is 0 Å². The molecular weight excluding hydrogens is 243 g/mol. The van der Waals surface area contributed by atoms with Crippen molar-refractivity contribution < 1.29 is 23.8 Å². The molecule has 0 bridgehead atoms. The number of nitrogens with one attached hydrogen (secondary N) is 1. The Morgan fingerprint density at radius 2 is 2.06 bits per heavy atom. The van der Waals surface area contributed by atoms with Crippen molar-refractivity contribution in [3.63, 3.8) is 0 Å². The zero-order chi connectivity index (χ0) is 13.9. The number of likely N-dealkylation sites (tertiary alicyclic amines) is 1. The number of hydrogen-bond donors (Lipinski definition) is 2. The number of halogens is 1. The van der Waals surface area contributed by atoms with E-state index >= 15 is 0 Å². The molecule has 1 saturated heterocycles. The molecular formula is C11H19FN2O4. The van der Waals surface area contributed by atoms with Crippen molar-refractivity contribution in [3.05, 3.63) is 0 Å². The molecule has 0 aromatic heterocycles. The number of rotatable bonds is 1. The molecule has 2 atom stereocenters.